The van der Waals surface area contributed by atoms with Crippen molar-refractivity contribution in [3.05, 3.63) is 64.2 Å². The van der Waals surface area contributed by atoms with Crippen molar-refractivity contribution in [3.63, 3.8) is 0 Å². The molecule has 0 spiro atoms. The molecule has 0 unspecified atom stereocenters. The van der Waals surface area contributed by atoms with E-state index >= 15 is 0 Å². The van der Waals surface area contributed by atoms with Crippen LogP contribution in [0.15, 0.2) is 42.5 Å². The minimum Gasteiger partial charge on any atom is -0.496 e. The first-order valence-electron chi connectivity index (χ1n) is 6.93. The van der Waals surface area contributed by atoms with Gasteiger partial charge in [-0.2, -0.15) is 0 Å². The van der Waals surface area contributed by atoms with E-state index in [1.54, 1.807) is 30.3 Å². The molecule has 0 amide bonds. The van der Waals surface area contributed by atoms with Gasteiger partial charge in [-0.1, -0.05) is 29.8 Å². The first-order chi connectivity index (χ1) is 11.5. The van der Waals surface area contributed by atoms with Crippen LogP contribution in [0.25, 0.3) is 6.08 Å². The average Bonchev–Trinajstić information content (AvgIpc) is 2.59. The summed E-state index contributed by atoms with van der Waals surface area (Å²) in [5.74, 6) is -1.21. The van der Waals surface area contributed by atoms with Gasteiger partial charge in [0, 0.05) is 11.1 Å². The zero-order valence-corrected chi connectivity index (χ0v) is 13.8. The van der Waals surface area contributed by atoms with Crippen LogP contribution in [0.4, 0.5) is 0 Å². The maximum Gasteiger partial charge on any atom is 0.339 e. The summed E-state index contributed by atoms with van der Waals surface area (Å²) in [6.07, 6.45) is 2.96. The van der Waals surface area contributed by atoms with Crippen LogP contribution in [0.3, 0.4) is 0 Å². The first-order valence-corrected chi connectivity index (χ1v) is 7.31. The number of methoxy groups -OCH3 is 2. The number of rotatable bonds is 6. The highest BCUT2D eigenvalue weighted by Crippen LogP contribution is 2.30. The third kappa shape index (κ3) is 3.94. The Labute approximate surface area is 144 Å². The number of carboxylic acids is 1. The minimum atomic E-state index is -1.19. The summed E-state index contributed by atoms with van der Waals surface area (Å²) in [5.41, 5.74) is 0.821. The number of ketones is 1. The second-order valence-corrected chi connectivity index (χ2v) is 5.24. The molecule has 24 heavy (non-hydrogen) atoms. The molecule has 1 N–H and O–H groups in total. The average molecular weight is 347 g/mol. The van der Waals surface area contributed by atoms with Gasteiger partial charge in [0.2, 0.25) is 0 Å². The van der Waals surface area contributed by atoms with Crippen LogP contribution in [-0.2, 0) is 0 Å². The lowest BCUT2D eigenvalue weighted by atomic mass is 10.0. The van der Waals surface area contributed by atoms with Gasteiger partial charge in [-0.3, -0.25) is 4.79 Å². The van der Waals surface area contributed by atoms with E-state index in [1.807, 2.05) is 0 Å². The Balaban J connectivity index is 2.38. The van der Waals surface area contributed by atoms with Gasteiger partial charge < -0.3 is 14.6 Å². The Morgan fingerprint density at radius 3 is 2.12 bits per heavy atom. The highest BCUT2D eigenvalue weighted by molar-refractivity contribution is 6.30. The van der Waals surface area contributed by atoms with Crippen LogP contribution in [0, 0.1) is 0 Å². The SMILES string of the molecule is COc1cc(OC)c(C(=O)C=Cc2ccc(Cl)cc2)cc1C(=O)O. The molecule has 0 heterocycles. The summed E-state index contributed by atoms with van der Waals surface area (Å²) in [6.45, 7) is 0. The fourth-order valence-electron chi connectivity index (χ4n) is 2.09. The molecule has 0 fully saturated rings. The van der Waals surface area contributed by atoms with Crippen molar-refractivity contribution in [1.29, 1.82) is 0 Å². The van der Waals surface area contributed by atoms with Crippen molar-refractivity contribution in [3.8, 4) is 11.5 Å². The van der Waals surface area contributed by atoms with Crippen LogP contribution < -0.4 is 9.47 Å². The van der Waals surface area contributed by atoms with Crippen LogP contribution in [-0.4, -0.2) is 31.1 Å². The van der Waals surface area contributed by atoms with Gasteiger partial charge in [0.05, 0.1) is 19.8 Å². The largest absolute Gasteiger partial charge is 0.496 e. The van der Waals surface area contributed by atoms with Crippen LogP contribution in [0.2, 0.25) is 5.02 Å². The Bertz CT molecular complexity index is 794. The Morgan fingerprint density at radius 1 is 1.00 bits per heavy atom. The Kier molecular flexibility index (Phi) is 5.60. The van der Waals surface area contributed by atoms with E-state index in [0.29, 0.717) is 5.02 Å². The van der Waals surface area contributed by atoms with Gasteiger partial charge in [0.1, 0.15) is 17.1 Å². The summed E-state index contributed by atoms with van der Waals surface area (Å²) in [6, 6.07) is 9.58. The monoisotopic (exact) mass is 346 g/mol. The zero-order valence-electron chi connectivity index (χ0n) is 13.1. The predicted molar refractivity (Wildman–Crippen MR) is 91.3 cm³/mol. The molecule has 0 saturated heterocycles. The Hall–Kier alpha value is -2.79. The van der Waals surface area contributed by atoms with E-state index in [-0.39, 0.29) is 28.4 Å². The van der Waals surface area contributed by atoms with Crippen LogP contribution in [0.5, 0.6) is 11.5 Å². The summed E-state index contributed by atoms with van der Waals surface area (Å²) in [7, 11) is 2.75. The number of carboxylic acid groups (broad SMARTS) is 1. The van der Waals surface area contributed by atoms with Crippen molar-refractivity contribution in [2.24, 2.45) is 0 Å². The molecule has 2 aromatic rings. The summed E-state index contributed by atoms with van der Waals surface area (Å²) >= 11 is 5.81. The molecule has 0 atom stereocenters. The molecule has 0 bridgehead atoms. The molecule has 124 valence electrons. The van der Waals surface area contributed by atoms with E-state index in [0.717, 1.165) is 5.56 Å². The van der Waals surface area contributed by atoms with Crippen LogP contribution in [0.1, 0.15) is 26.3 Å². The number of ether oxygens (including phenoxy) is 2. The quantitative estimate of drug-likeness (QED) is 0.633. The van der Waals surface area contributed by atoms with Gasteiger partial charge >= 0.3 is 5.97 Å². The molecule has 6 heteroatoms. The molecular weight excluding hydrogens is 332 g/mol. The second kappa shape index (κ2) is 7.66. The molecule has 0 aliphatic rings. The van der Waals surface area contributed by atoms with Crippen molar-refractivity contribution in [1.82, 2.24) is 0 Å². The minimum absolute atomic E-state index is 0.110. The number of carbonyl (C=O) groups is 2. The van der Waals surface area contributed by atoms with Gasteiger partial charge in [0.25, 0.3) is 0 Å². The van der Waals surface area contributed by atoms with E-state index in [9.17, 15) is 14.7 Å². The van der Waals surface area contributed by atoms with E-state index in [4.69, 9.17) is 21.1 Å². The number of allylic oxidation sites excluding steroid dienone is 1. The number of hydrogen-bond donors (Lipinski definition) is 1. The molecule has 0 radical (unpaired) electrons. The molecule has 0 aromatic heterocycles. The molecule has 0 aliphatic heterocycles. The van der Waals surface area contributed by atoms with E-state index in [1.165, 1.54) is 32.4 Å². The van der Waals surface area contributed by atoms with Crippen molar-refractivity contribution < 1.29 is 24.2 Å². The maximum absolute atomic E-state index is 12.4. The van der Waals surface area contributed by atoms with Gasteiger partial charge in [-0.15, -0.1) is 0 Å². The molecule has 5 nitrogen and oxygen atoms in total. The summed E-state index contributed by atoms with van der Waals surface area (Å²) in [4.78, 5) is 23.7. The topological polar surface area (TPSA) is 72.8 Å². The molecular formula is C18H15ClO5. The smallest absolute Gasteiger partial charge is 0.339 e. The molecule has 0 aliphatic carbocycles. The summed E-state index contributed by atoms with van der Waals surface area (Å²) in [5, 5.41) is 9.84. The van der Waals surface area contributed by atoms with Crippen molar-refractivity contribution in [2.45, 2.75) is 0 Å². The predicted octanol–water partition coefficient (Wildman–Crippen LogP) is 3.95. The lowest BCUT2D eigenvalue weighted by Gasteiger charge is -2.11. The van der Waals surface area contributed by atoms with Gasteiger partial charge in [-0.05, 0) is 29.8 Å². The zero-order chi connectivity index (χ0) is 17.7. The molecule has 0 saturated carbocycles. The lowest BCUT2D eigenvalue weighted by molar-refractivity contribution is 0.0693. The molecule has 2 aromatic carbocycles. The first kappa shape index (κ1) is 17.6. The fourth-order valence-corrected chi connectivity index (χ4v) is 2.22. The van der Waals surface area contributed by atoms with Crippen molar-refractivity contribution in [2.75, 3.05) is 14.2 Å². The van der Waals surface area contributed by atoms with E-state index < -0.39 is 5.97 Å². The number of hydrogen-bond acceptors (Lipinski definition) is 4. The third-order valence-electron chi connectivity index (χ3n) is 3.31. The number of aromatic carboxylic acids is 1. The standard InChI is InChI=1S/C18H15ClO5/c1-23-16-10-17(24-2)14(18(21)22)9-13(16)15(20)8-5-11-3-6-12(19)7-4-11/h3-10H,1-2H3,(H,21,22). The highest BCUT2D eigenvalue weighted by Gasteiger charge is 2.19. The lowest BCUT2D eigenvalue weighted by Crippen LogP contribution is -2.06. The third-order valence-corrected chi connectivity index (χ3v) is 3.57. The fraction of sp³-hybridized carbons (Fsp3) is 0.111. The van der Waals surface area contributed by atoms with E-state index in [2.05, 4.69) is 0 Å². The number of benzene rings is 2. The highest BCUT2D eigenvalue weighted by atomic mass is 35.5. The molecule has 2 rings (SSSR count). The Morgan fingerprint density at radius 2 is 1.58 bits per heavy atom. The maximum atomic E-state index is 12.4. The van der Waals surface area contributed by atoms with Crippen molar-refractivity contribution >= 4 is 29.4 Å². The van der Waals surface area contributed by atoms with Crippen LogP contribution >= 0.6 is 11.6 Å². The normalized spacial score (nSPS) is 10.6. The second-order valence-electron chi connectivity index (χ2n) is 4.81. The number of halogens is 1. The van der Waals surface area contributed by atoms with Gasteiger partial charge in [-0.25, -0.2) is 4.79 Å². The number of carbonyl (C=O) groups excluding carboxylic acids is 1. The summed E-state index contributed by atoms with van der Waals surface area (Å²) < 4.78 is 10.2. The van der Waals surface area contributed by atoms with Gasteiger partial charge in [0.15, 0.2) is 5.78 Å².